The maximum atomic E-state index is 12.8. The molecule has 2 aliphatic rings. The normalized spacial score (nSPS) is 22.9. The number of hydrogen-bond acceptors (Lipinski definition) is 2. The summed E-state index contributed by atoms with van der Waals surface area (Å²) in [5.41, 5.74) is 2.29. The maximum Gasteiger partial charge on any atom is 0.224 e. The fraction of sp³-hybridized carbons (Fsp3) is 0.364. The monoisotopic (exact) mass is 348 g/mol. The molecular weight excluding hydrogens is 324 g/mol. The van der Waals surface area contributed by atoms with Crippen molar-refractivity contribution < 1.29 is 9.59 Å². The topological polar surface area (TPSA) is 49.4 Å². The van der Waals surface area contributed by atoms with E-state index in [4.69, 9.17) is 0 Å². The Bertz CT molecular complexity index is 775. The number of carbonyl (C=O) groups excluding carboxylic acids is 2. The van der Waals surface area contributed by atoms with Gasteiger partial charge in [0.05, 0.1) is 6.04 Å². The van der Waals surface area contributed by atoms with Gasteiger partial charge in [-0.05, 0) is 29.9 Å². The third-order valence-corrected chi connectivity index (χ3v) is 5.45. The van der Waals surface area contributed by atoms with Crippen LogP contribution >= 0.6 is 0 Å². The van der Waals surface area contributed by atoms with Gasteiger partial charge in [0.15, 0.2) is 0 Å². The van der Waals surface area contributed by atoms with Crippen LogP contribution in [0.3, 0.4) is 0 Å². The highest BCUT2D eigenvalue weighted by Crippen LogP contribution is 2.47. The molecule has 0 spiro atoms. The van der Waals surface area contributed by atoms with Crippen molar-refractivity contribution in [3.63, 3.8) is 0 Å². The van der Waals surface area contributed by atoms with Crippen molar-refractivity contribution in [2.24, 2.45) is 5.92 Å². The molecule has 1 aliphatic heterocycles. The molecule has 1 aliphatic carbocycles. The molecular formula is C22H24N2O2. The van der Waals surface area contributed by atoms with Crippen LogP contribution in [0.15, 0.2) is 60.7 Å². The first-order chi connectivity index (χ1) is 12.7. The van der Waals surface area contributed by atoms with E-state index < -0.39 is 0 Å². The minimum Gasteiger partial charge on any atom is -0.347 e. The Labute approximate surface area is 154 Å². The molecule has 4 heteroatoms. The molecule has 2 aromatic rings. The molecule has 0 radical (unpaired) electrons. The number of carbonyl (C=O) groups is 2. The Kier molecular flexibility index (Phi) is 4.74. The molecule has 1 N–H and O–H groups in total. The average Bonchev–Trinajstić information content (AvgIpc) is 3.39. The van der Waals surface area contributed by atoms with Crippen molar-refractivity contribution >= 4 is 11.8 Å². The number of amides is 2. The van der Waals surface area contributed by atoms with Gasteiger partial charge in [0.25, 0.3) is 0 Å². The number of likely N-dealkylation sites (tertiary alicyclic amines) is 1. The van der Waals surface area contributed by atoms with E-state index >= 15 is 0 Å². The fourth-order valence-electron chi connectivity index (χ4n) is 3.87. The molecule has 2 aromatic carbocycles. The van der Waals surface area contributed by atoms with Crippen molar-refractivity contribution in [1.82, 2.24) is 10.2 Å². The summed E-state index contributed by atoms with van der Waals surface area (Å²) < 4.78 is 0. The van der Waals surface area contributed by atoms with Crippen molar-refractivity contribution in [2.75, 3.05) is 13.1 Å². The highest BCUT2D eigenvalue weighted by molar-refractivity contribution is 5.83. The first-order valence-electron chi connectivity index (χ1n) is 9.40. The molecule has 0 aromatic heterocycles. The number of benzene rings is 2. The number of nitrogens with one attached hydrogen (secondary N) is 1. The zero-order valence-corrected chi connectivity index (χ0v) is 14.8. The Morgan fingerprint density at radius 1 is 1.08 bits per heavy atom. The Hall–Kier alpha value is -2.62. The lowest BCUT2D eigenvalue weighted by atomic mass is 10.1. The van der Waals surface area contributed by atoms with E-state index in [1.54, 1.807) is 0 Å². The van der Waals surface area contributed by atoms with Gasteiger partial charge < -0.3 is 10.2 Å². The first-order valence-corrected chi connectivity index (χ1v) is 9.40. The second-order valence-electron chi connectivity index (χ2n) is 7.27. The van der Waals surface area contributed by atoms with E-state index in [0.29, 0.717) is 18.9 Å². The van der Waals surface area contributed by atoms with Gasteiger partial charge in [-0.15, -0.1) is 0 Å². The van der Waals surface area contributed by atoms with Crippen LogP contribution in [0.1, 0.15) is 42.3 Å². The lowest BCUT2D eigenvalue weighted by Gasteiger charge is -2.25. The lowest BCUT2D eigenvalue weighted by molar-refractivity contribution is -0.129. The van der Waals surface area contributed by atoms with E-state index in [9.17, 15) is 9.59 Å². The Balaban J connectivity index is 1.45. The van der Waals surface area contributed by atoms with Gasteiger partial charge in [-0.1, -0.05) is 60.7 Å². The Morgan fingerprint density at radius 3 is 2.42 bits per heavy atom. The minimum atomic E-state index is -0.150. The van der Waals surface area contributed by atoms with Crippen molar-refractivity contribution in [3.8, 4) is 0 Å². The van der Waals surface area contributed by atoms with Crippen LogP contribution in [0.25, 0.3) is 0 Å². The smallest absolute Gasteiger partial charge is 0.224 e. The second-order valence-corrected chi connectivity index (χ2v) is 7.27. The van der Waals surface area contributed by atoms with Crippen molar-refractivity contribution in [2.45, 2.75) is 31.2 Å². The van der Waals surface area contributed by atoms with Gasteiger partial charge >= 0.3 is 0 Å². The molecule has 0 unspecified atom stereocenters. The van der Waals surface area contributed by atoms with Crippen LogP contribution in [0.2, 0.25) is 0 Å². The summed E-state index contributed by atoms with van der Waals surface area (Å²) in [6, 6.07) is 20.0. The number of hydrogen-bond donors (Lipinski definition) is 1. The highest BCUT2D eigenvalue weighted by Gasteiger charge is 2.44. The predicted molar refractivity (Wildman–Crippen MR) is 100 cm³/mol. The van der Waals surface area contributed by atoms with Crippen molar-refractivity contribution in [1.29, 1.82) is 0 Å². The van der Waals surface area contributed by atoms with Crippen LogP contribution in [0.4, 0.5) is 0 Å². The van der Waals surface area contributed by atoms with Crippen LogP contribution in [0, 0.1) is 5.92 Å². The molecule has 1 saturated heterocycles. The number of rotatable bonds is 6. The van der Waals surface area contributed by atoms with E-state index in [0.717, 1.165) is 24.9 Å². The molecule has 3 atom stereocenters. The maximum absolute atomic E-state index is 12.8. The van der Waals surface area contributed by atoms with Gasteiger partial charge in [-0.25, -0.2) is 0 Å². The third-order valence-electron chi connectivity index (χ3n) is 5.45. The molecule has 1 saturated carbocycles. The summed E-state index contributed by atoms with van der Waals surface area (Å²) in [5.74, 6) is 0.645. The summed E-state index contributed by atoms with van der Waals surface area (Å²) in [6.07, 6.45) is 2.43. The zero-order valence-electron chi connectivity index (χ0n) is 14.8. The molecule has 26 heavy (non-hydrogen) atoms. The molecule has 4 nitrogen and oxygen atoms in total. The second kappa shape index (κ2) is 7.32. The molecule has 4 rings (SSSR count). The molecule has 2 amide bonds. The minimum absolute atomic E-state index is 0.0397. The van der Waals surface area contributed by atoms with E-state index in [1.807, 2.05) is 53.4 Å². The molecule has 2 fully saturated rings. The quantitative estimate of drug-likeness (QED) is 0.871. The largest absolute Gasteiger partial charge is 0.347 e. The van der Waals surface area contributed by atoms with Crippen LogP contribution in [-0.4, -0.2) is 29.8 Å². The fourth-order valence-corrected chi connectivity index (χ4v) is 3.87. The van der Waals surface area contributed by atoms with Crippen LogP contribution in [-0.2, 0) is 9.59 Å². The SMILES string of the molecule is O=C(N[C@H](CN1CCCC1=O)c1ccccc1)[C@@H]1C[C@H]1c1ccccc1. The zero-order chi connectivity index (χ0) is 17.9. The number of nitrogens with zero attached hydrogens (tertiary/aromatic N) is 1. The molecule has 0 bridgehead atoms. The van der Waals surface area contributed by atoms with E-state index in [-0.39, 0.29) is 23.8 Å². The standard InChI is InChI=1S/C22H24N2O2/c25-21-12-7-13-24(21)15-20(17-10-5-2-6-11-17)23-22(26)19-14-18(19)16-8-3-1-4-9-16/h1-6,8-11,18-20H,7,12-15H2,(H,23,26)/t18-,19+,20+/m0/s1. The lowest BCUT2D eigenvalue weighted by Crippen LogP contribution is -2.39. The Morgan fingerprint density at radius 2 is 1.77 bits per heavy atom. The summed E-state index contributed by atoms with van der Waals surface area (Å²) in [7, 11) is 0. The van der Waals surface area contributed by atoms with Gasteiger partial charge in [-0.3, -0.25) is 9.59 Å². The average molecular weight is 348 g/mol. The van der Waals surface area contributed by atoms with Crippen LogP contribution < -0.4 is 5.32 Å². The van der Waals surface area contributed by atoms with Gasteiger partial charge in [0.2, 0.25) is 11.8 Å². The van der Waals surface area contributed by atoms with E-state index in [2.05, 4.69) is 17.4 Å². The van der Waals surface area contributed by atoms with Gasteiger partial charge in [0, 0.05) is 25.4 Å². The molecule has 1 heterocycles. The summed E-state index contributed by atoms with van der Waals surface area (Å²) in [5, 5.41) is 3.21. The highest BCUT2D eigenvalue weighted by atomic mass is 16.2. The van der Waals surface area contributed by atoms with Crippen molar-refractivity contribution in [3.05, 3.63) is 71.8 Å². The van der Waals surface area contributed by atoms with Gasteiger partial charge in [-0.2, -0.15) is 0 Å². The summed E-state index contributed by atoms with van der Waals surface area (Å²) in [6.45, 7) is 1.34. The van der Waals surface area contributed by atoms with E-state index in [1.165, 1.54) is 5.56 Å². The first kappa shape index (κ1) is 16.8. The van der Waals surface area contributed by atoms with Crippen LogP contribution in [0.5, 0.6) is 0 Å². The predicted octanol–water partition coefficient (Wildman–Crippen LogP) is 3.27. The molecule has 134 valence electrons. The summed E-state index contributed by atoms with van der Waals surface area (Å²) in [4.78, 5) is 26.7. The summed E-state index contributed by atoms with van der Waals surface area (Å²) >= 11 is 0. The third kappa shape index (κ3) is 3.64. The van der Waals surface area contributed by atoms with Gasteiger partial charge in [0.1, 0.15) is 0 Å².